The van der Waals surface area contributed by atoms with Crippen molar-refractivity contribution >= 4 is 22.5 Å². The van der Waals surface area contributed by atoms with Gasteiger partial charge in [-0.15, -0.1) is 0 Å². The van der Waals surface area contributed by atoms with Gasteiger partial charge in [0.2, 0.25) is 0 Å². The number of benzene rings is 2. The van der Waals surface area contributed by atoms with E-state index in [-0.39, 0.29) is 23.2 Å². The third-order valence-corrected chi connectivity index (χ3v) is 6.46. The zero-order chi connectivity index (χ0) is 23.1. The van der Waals surface area contributed by atoms with Gasteiger partial charge < -0.3 is 15.2 Å². The number of aromatic nitrogens is 2. The molecule has 8 nitrogen and oxygen atoms in total. The molecule has 2 fully saturated rings. The molecule has 1 aliphatic carbocycles. The summed E-state index contributed by atoms with van der Waals surface area (Å²) in [5.41, 5.74) is 1.81. The first kappa shape index (κ1) is 21.4. The minimum Gasteiger partial charge on any atom is -0.367 e. The smallest absolute Gasteiger partial charge is 0.329 e. The maximum atomic E-state index is 14.6. The molecule has 172 valence electrons. The first-order valence-corrected chi connectivity index (χ1v) is 11.2. The summed E-state index contributed by atoms with van der Waals surface area (Å²) < 4.78 is 15.9. The number of hydrogen-bond donors (Lipinski definition) is 2. The van der Waals surface area contributed by atoms with Gasteiger partial charge >= 0.3 is 5.69 Å². The van der Waals surface area contributed by atoms with Gasteiger partial charge in [0, 0.05) is 51.4 Å². The fourth-order valence-corrected chi connectivity index (χ4v) is 4.50. The predicted octanol–water partition coefficient (Wildman–Crippen LogP) is 1.85. The van der Waals surface area contributed by atoms with Crippen molar-refractivity contribution in [3.8, 4) is 0 Å². The number of hydrogen-bond acceptors (Lipinski definition) is 5. The monoisotopic (exact) mass is 451 g/mol. The zero-order valence-electron chi connectivity index (χ0n) is 18.4. The first-order chi connectivity index (χ1) is 15.9. The second-order valence-corrected chi connectivity index (χ2v) is 8.72. The highest BCUT2D eigenvalue weighted by Gasteiger charge is 2.27. The molecule has 33 heavy (non-hydrogen) atoms. The van der Waals surface area contributed by atoms with E-state index in [1.807, 2.05) is 17.0 Å². The molecule has 1 aliphatic heterocycles. The Morgan fingerprint density at radius 1 is 1.09 bits per heavy atom. The summed E-state index contributed by atoms with van der Waals surface area (Å²) in [5.74, 6) is -0.714. The predicted molar refractivity (Wildman–Crippen MR) is 124 cm³/mol. The quantitative estimate of drug-likeness (QED) is 0.618. The number of aromatic amines is 1. The van der Waals surface area contributed by atoms with Crippen LogP contribution in [-0.4, -0.2) is 53.6 Å². The highest BCUT2D eigenvalue weighted by molar-refractivity contribution is 5.94. The summed E-state index contributed by atoms with van der Waals surface area (Å²) in [6, 6.07) is 10.2. The Balaban J connectivity index is 1.27. The number of H-pyrrole nitrogens is 1. The Kier molecular flexibility index (Phi) is 5.49. The number of carbonyl (C=O) groups is 1. The SMILES string of the molecule is CNC(=O)c1ccc(N2CCN(Cc3ccc4c(=O)n(C5CC5)c(=O)[nH]c4c3)CC2)c(F)c1. The van der Waals surface area contributed by atoms with Crippen LogP contribution < -0.4 is 21.5 Å². The van der Waals surface area contributed by atoms with Crippen LogP contribution in [0.2, 0.25) is 0 Å². The Morgan fingerprint density at radius 2 is 1.85 bits per heavy atom. The van der Waals surface area contributed by atoms with Gasteiger partial charge in [-0.3, -0.25) is 19.1 Å². The van der Waals surface area contributed by atoms with Crippen molar-refractivity contribution in [3.63, 3.8) is 0 Å². The van der Waals surface area contributed by atoms with Crippen molar-refractivity contribution in [1.29, 1.82) is 0 Å². The minimum atomic E-state index is -0.403. The number of carbonyl (C=O) groups excluding carboxylic acids is 1. The molecule has 9 heteroatoms. The lowest BCUT2D eigenvalue weighted by Gasteiger charge is -2.36. The van der Waals surface area contributed by atoms with Gasteiger partial charge in [-0.1, -0.05) is 6.07 Å². The minimum absolute atomic E-state index is 0.0338. The third-order valence-electron chi connectivity index (χ3n) is 6.46. The van der Waals surface area contributed by atoms with Crippen LogP contribution in [0.25, 0.3) is 10.9 Å². The number of amides is 1. The number of nitrogens with one attached hydrogen (secondary N) is 2. The molecule has 1 amide bonds. The lowest BCUT2D eigenvalue weighted by atomic mass is 10.1. The molecule has 1 saturated heterocycles. The molecule has 1 saturated carbocycles. The molecule has 1 aromatic heterocycles. The molecule has 0 spiro atoms. The Morgan fingerprint density at radius 3 is 2.52 bits per heavy atom. The third kappa shape index (κ3) is 4.16. The van der Waals surface area contributed by atoms with Gasteiger partial charge in [-0.2, -0.15) is 0 Å². The molecule has 2 heterocycles. The van der Waals surface area contributed by atoms with Crippen LogP contribution in [0.1, 0.15) is 34.8 Å². The molecule has 5 rings (SSSR count). The van der Waals surface area contributed by atoms with Crippen LogP contribution >= 0.6 is 0 Å². The van der Waals surface area contributed by atoms with Crippen molar-refractivity contribution in [3.05, 3.63) is 74.2 Å². The lowest BCUT2D eigenvalue weighted by Crippen LogP contribution is -2.46. The number of fused-ring (bicyclic) bond motifs is 1. The molecule has 0 radical (unpaired) electrons. The van der Waals surface area contributed by atoms with E-state index < -0.39 is 5.82 Å². The van der Waals surface area contributed by atoms with E-state index in [1.54, 1.807) is 18.2 Å². The van der Waals surface area contributed by atoms with Crippen LogP contribution in [0.5, 0.6) is 0 Å². The Hall–Kier alpha value is -3.46. The van der Waals surface area contributed by atoms with Crippen LogP contribution in [-0.2, 0) is 6.54 Å². The van der Waals surface area contributed by atoms with Crippen LogP contribution in [0.4, 0.5) is 10.1 Å². The molecule has 2 N–H and O–H groups in total. The van der Waals surface area contributed by atoms with E-state index in [1.165, 1.54) is 17.7 Å². The van der Waals surface area contributed by atoms with E-state index >= 15 is 0 Å². The maximum absolute atomic E-state index is 14.6. The van der Waals surface area contributed by atoms with Gasteiger partial charge in [-0.25, -0.2) is 9.18 Å². The van der Waals surface area contributed by atoms with Gasteiger partial charge in [-0.05, 0) is 48.7 Å². The number of rotatable bonds is 5. The number of piperazine rings is 1. The lowest BCUT2D eigenvalue weighted by molar-refractivity contribution is 0.0962. The molecule has 0 bridgehead atoms. The summed E-state index contributed by atoms with van der Waals surface area (Å²) in [7, 11) is 1.52. The van der Waals surface area contributed by atoms with Crippen LogP contribution in [0.3, 0.4) is 0 Å². The van der Waals surface area contributed by atoms with E-state index in [0.29, 0.717) is 41.8 Å². The van der Waals surface area contributed by atoms with Gasteiger partial charge in [0.1, 0.15) is 5.82 Å². The van der Waals surface area contributed by atoms with Crippen LogP contribution in [0, 0.1) is 5.82 Å². The summed E-state index contributed by atoms with van der Waals surface area (Å²) >= 11 is 0. The van der Waals surface area contributed by atoms with Crippen LogP contribution in [0.15, 0.2) is 46.0 Å². The summed E-state index contributed by atoms with van der Waals surface area (Å²) in [4.78, 5) is 43.8. The number of anilines is 1. The molecular weight excluding hydrogens is 425 g/mol. The second kappa shape index (κ2) is 8.47. The first-order valence-electron chi connectivity index (χ1n) is 11.2. The average Bonchev–Trinajstić information content (AvgIpc) is 3.64. The standard InChI is InChI=1S/C24H26FN5O3/c1-26-22(31)16-3-7-21(19(25)13-16)29-10-8-28(9-11-29)14-15-2-6-18-20(12-15)27-24(33)30(23(18)32)17-4-5-17/h2-3,6-7,12-13,17H,4-5,8-11,14H2,1H3,(H,26,31)(H,27,33). The molecule has 3 aromatic rings. The van der Waals surface area contributed by atoms with E-state index in [4.69, 9.17) is 0 Å². The van der Waals surface area contributed by atoms with Gasteiger partial charge in [0.25, 0.3) is 11.5 Å². The van der Waals surface area contributed by atoms with E-state index in [0.717, 1.165) is 31.5 Å². The van der Waals surface area contributed by atoms with E-state index in [9.17, 15) is 18.8 Å². The fraction of sp³-hybridized carbons (Fsp3) is 0.375. The summed E-state index contributed by atoms with van der Waals surface area (Å²) in [6.45, 7) is 3.48. The second-order valence-electron chi connectivity index (χ2n) is 8.72. The highest BCUT2D eigenvalue weighted by atomic mass is 19.1. The van der Waals surface area contributed by atoms with Crippen molar-refractivity contribution in [2.45, 2.75) is 25.4 Å². The summed E-state index contributed by atoms with van der Waals surface area (Å²) in [6.07, 6.45) is 1.75. The molecule has 2 aliphatic rings. The largest absolute Gasteiger partial charge is 0.367 e. The number of nitrogens with zero attached hydrogens (tertiary/aromatic N) is 3. The molecule has 2 aromatic carbocycles. The van der Waals surface area contributed by atoms with Crippen molar-refractivity contribution < 1.29 is 9.18 Å². The normalized spacial score (nSPS) is 16.8. The van der Waals surface area contributed by atoms with E-state index in [2.05, 4.69) is 15.2 Å². The Labute approximate surface area is 189 Å². The van der Waals surface area contributed by atoms with Gasteiger partial charge in [0.15, 0.2) is 0 Å². The fourth-order valence-electron chi connectivity index (χ4n) is 4.50. The molecular formula is C24H26FN5O3. The van der Waals surface area contributed by atoms with Gasteiger partial charge in [0.05, 0.1) is 16.6 Å². The summed E-state index contributed by atoms with van der Waals surface area (Å²) in [5, 5.41) is 3.03. The topological polar surface area (TPSA) is 90.4 Å². The number of halogens is 1. The molecule has 0 unspecified atom stereocenters. The zero-order valence-corrected chi connectivity index (χ0v) is 18.4. The Bertz CT molecular complexity index is 1340. The average molecular weight is 452 g/mol. The van der Waals surface area contributed by atoms with Crippen molar-refractivity contribution in [2.24, 2.45) is 0 Å². The maximum Gasteiger partial charge on any atom is 0.329 e. The van der Waals surface area contributed by atoms with Crippen molar-refractivity contribution in [2.75, 3.05) is 38.1 Å². The highest BCUT2D eigenvalue weighted by Crippen LogP contribution is 2.32. The molecule has 0 atom stereocenters. The van der Waals surface area contributed by atoms with Crippen molar-refractivity contribution in [1.82, 2.24) is 19.8 Å².